The number of morpholine rings is 1. The summed E-state index contributed by atoms with van der Waals surface area (Å²) in [5.41, 5.74) is 1.24. The van der Waals surface area contributed by atoms with Crippen molar-refractivity contribution < 1.29 is 14.5 Å². The number of ketones is 1. The van der Waals surface area contributed by atoms with Crippen LogP contribution in [0.3, 0.4) is 0 Å². The molecule has 1 fully saturated rings. The van der Waals surface area contributed by atoms with E-state index in [-0.39, 0.29) is 17.0 Å². The van der Waals surface area contributed by atoms with Crippen LogP contribution in [-0.4, -0.2) is 37.0 Å². The Bertz CT molecular complexity index is 857. The zero-order valence-corrected chi connectivity index (χ0v) is 16.6. The van der Waals surface area contributed by atoms with E-state index >= 15 is 0 Å². The summed E-state index contributed by atoms with van der Waals surface area (Å²) in [5, 5.41) is 27.0. The van der Waals surface area contributed by atoms with Crippen LogP contribution < -0.4 is 10.6 Å². The zero-order chi connectivity index (χ0) is 20.7. The second-order valence-corrected chi connectivity index (χ2v) is 6.65. The van der Waals surface area contributed by atoms with Gasteiger partial charge in [-0.2, -0.15) is 5.26 Å². The standard InChI is InChI=1S/C15H13N3O3S.C4H9NO/c1-8-13(9(2)19)14(11(7-16)15(22)17-8)10-5-3-4-6-12(10)18(20)21;1-3-6-4-2-5-1/h3-6,14,17,22H,1-2H3;5H,1-4H2. The van der Waals surface area contributed by atoms with Crippen LogP contribution in [0.5, 0.6) is 0 Å². The van der Waals surface area contributed by atoms with Crippen LogP contribution in [0.1, 0.15) is 25.3 Å². The third-order valence-electron chi connectivity index (χ3n) is 4.33. The topological polar surface area (TPSA) is 117 Å². The molecular formula is C19H22N4O4S. The van der Waals surface area contributed by atoms with Gasteiger partial charge in [0.1, 0.15) is 0 Å². The third-order valence-corrected chi connectivity index (χ3v) is 4.69. The van der Waals surface area contributed by atoms with E-state index in [1.54, 1.807) is 25.1 Å². The number of nitro benzene ring substituents is 1. The number of Topliss-reactive ketones (excluding diaryl/α,β-unsaturated/α-hetero) is 1. The molecule has 2 heterocycles. The maximum absolute atomic E-state index is 12.0. The Morgan fingerprint density at radius 3 is 2.46 bits per heavy atom. The number of benzene rings is 1. The van der Waals surface area contributed by atoms with Gasteiger partial charge in [-0.25, -0.2) is 0 Å². The fraction of sp³-hybridized carbons (Fsp3) is 0.368. The molecule has 0 radical (unpaired) electrons. The van der Waals surface area contributed by atoms with Crippen molar-refractivity contribution in [3.05, 3.63) is 61.8 Å². The number of ether oxygens (including phenoxy) is 1. The predicted molar refractivity (Wildman–Crippen MR) is 108 cm³/mol. The van der Waals surface area contributed by atoms with Crippen LogP contribution in [0, 0.1) is 21.4 Å². The molecule has 0 aliphatic carbocycles. The summed E-state index contributed by atoms with van der Waals surface area (Å²) >= 11 is 4.23. The molecule has 2 N–H and O–H groups in total. The van der Waals surface area contributed by atoms with E-state index in [0.717, 1.165) is 26.3 Å². The first-order valence-electron chi connectivity index (χ1n) is 8.72. The molecule has 0 saturated carbocycles. The highest BCUT2D eigenvalue weighted by atomic mass is 32.1. The fourth-order valence-corrected chi connectivity index (χ4v) is 3.47. The van der Waals surface area contributed by atoms with Crippen LogP contribution >= 0.6 is 12.6 Å². The molecule has 2 aliphatic heterocycles. The van der Waals surface area contributed by atoms with Gasteiger partial charge in [0.15, 0.2) is 5.78 Å². The Balaban J connectivity index is 0.000000397. The van der Waals surface area contributed by atoms with Gasteiger partial charge in [-0.05, 0) is 13.8 Å². The highest BCUT2D eigenvalue weighted by molar-refractivity contribution is 7.84. The van der Waals surface area contributed by atoms with E-state index in [1.165, 1.54) is 13.0 Å². The molecule has 1 aromatic carbocycles. The number of nitrogens with zero attached hydrogens (tertiary/aromatic N) is 2. The van der Waals surface area contributed by atoms with E-state index in [4.69, 9.17) is 4.74 Å². The summed E-state index contributed by atoms with van der Waals surface area (Å²) in [5.74, 6) is -1.04. The van der Waals surface area contributed by atoms with Crippen LogP contribution in [0.25, 0.3) is 0 Å². The lowest BCUT2D eigenvalue weighted by Gasteiger charge is -2.27. The van der Waals surface area contributed by atoms with E-state index in [2.05, 4.69) is 23.3 Å². The first-order valence-corrected chi connectivity index (χ1v) is 9.17. The number of carbonyl (C=O) groups excluding carboxylic acids is 1. The minimum absolute atomic E-state index is 0.130. The van der Waals surface area contributed by atoms with E-state index < -0.39 is 10.8 Å². The van der Waals surface area contributed by atoms with Crippen molar-refractivity contribution in [2.75, 3.05) is 26.3 Å². The minimum atomic E-state index is -0.794. The number of dihydropyridines is 1. The summed E-state index contributed by atoms with van der Waals surface area (Å²) in [6, 6.07) is 8.11. The lowest BCUT2D eigenvalue weighted by Crippen LogP contribution is -2.30. The van der Waals surface area contributed by atoms with Gasteiger partial charge >= 0.3 is 0 Å². The van der Waals surface area contributed by atoms with Gasteiger partial charge in [-0.3, -0.25) is 14.9 Å². The Labute approximate surface area is 168 Å². The SMILES string of the molecule is C1COCCN1.CC(=O)C1=C(C)NC(S)=C(C#N)C1c1ccccc1[N+](=O)[O-]. The second kappa shape index (κ2) is 10.0. The van der Waals surface area contributed by atoms with Gasteiger partial charge < -0.3 is 15.4 Å². The van der Waals surface area contributed by atoms with Gasteiger partial charge in [0.05, 0.1) is 40.7 Å². The molecule has 1 atom stereocenters. The zero-order valence-electron chi connectivity index (χ0n) is 15.7. The number of thiol groups is 1. The third kappa shape index (κ3) is 4.98. The molecule has 0 amide bonds. The molecule has 0 spiro atoms. The van der Waals surface area contributed by atoms with Gasteiger partial charge in [-0.1, -0.05) is 18.2 Å². The number of hydrogen-bond donors (Lipinski definition) is 3. The average molecular weight is 402 g/mol. The predicted octanol–water partition coefficient (Wildman–Crippen LogP) is 2.42. The smallest absolute Gasteiger partial charge is 0.273 e. The average Bonchev–Trinajstić information content (AvgIpc) is 2.69. The van der Waals surface area contributed by atoms with Crippen molar-refractivity contribution >= 4 is 24.1 Å². The number of carbonyl (C=O) groups is 1. The summed E-state index contributed by atoms with van der Waals surface area (Å²) in [6.07, 6.45) is 0. The van der Waals surface area contributed by atoms with Gasteiger partial charge in [0, 0.05) is 36.0 Å². The van der Waals surface area contributed by atoms with Crippen LogP contribution in [0.15, 0.2) is 46.1 Å². The van der Waals surface area contributed by atoms with Crippen molar-refractivity contribution in [2.24, 2.45) is 0 Å². The molecule has 8 nitrogen and oxygen atoms in total. The molecule has 0 aromatic heterocycles. The fourth-order valence-electron chi connectivity index (χ4n) is 3.12. The Kier molecular flexibility index (Phi) is 7.75. The van der Waals surface area contributed by atoms with E-state index in [9.17, 15) is 20.2 Å². The largest absolute Gasteiger partial charge is 0.379 e. The lowest BCUT2D eigenvalue weighted by molar-refractivity contribution is -0.385. The first kappa shape index (κ1) is 21.6. The quantitative estimate of drug-likeness (QED) is 0.404. The number of allylic oxidation sites excluding steroid dienone is 3. The van der Waals surface area contributed by atoms with Gasteiger partial charge in [0.2, 0.25) is 0 Å². The number of nitro groups is 1. The number of rotatable bonds is 3. The van der Waals surface area contributed by atoms with Crippen LogP contribution in [-0.2, 0) is 9.53 Å². The second-order valence-electron chi connectivity index (χ2n) is 6.21. The van der Waals surface area contributed by atoms with Gasteiger partial charge in [0.25, 0.3) is 5.69 Å². The van der Waals surface area contributed by atoms with E-state index in [0.29, 0.717) is 21.9 Å². The molecule has 1 aromatic rings. The minimum Gasteiger partial charge on any atom is -0.379 e. The Morgan fingerprint density at radius 1 is 1.36 bits per heavy atom. The molecule has 1 unspecified atom stereocenters. The highest BCUT2D eigenvalue weighted by Crippen LogP contribution is 2.42. The summed E-state index contributed by atoms with van der Waals surface area (Å²) in [4.78, 5) is 22.8. The lowest BCUT2D eigenvalue weighted by atomic mass is 9.80. The molecular weight excluding hydrogens is 380 g/mol. The molecule has 28 heavy (non-hydrogen) atoms. The van der Waals surface area contributed by atoms with Crippen LogP contribution in [0.4, 0.5) is 5.69 Å². The van der Waals surface area contributed by atoms with Crippen molar-refractivity contribution in [2.45, 2.75) is 19.8 Å². The Hall–Kier alpha value is -2.67. The van der Waals surface area contributed by atoms with Crippen molar-refractivity contribution in [1.29, 1.82) is 5.26 Å². The Morgan fingerprint density at radius 2 is 2.00 bits per heavy atom. The molecule has 0 bridgehead atoms. The van der Waals surface area contributed by atoms with Crippen molar-refractivity contribution in [3.8, 4) is 6.07 Å². The normalized spacial score (nSPS) is 19.1. The van der Waals surface area contributed by atoms with Gasteiger partial charge in [-0.15, -0.1) is 12.6 Å². The molecule has 1 saturated heterocycles. The number of nitrogens with one attached hydrogen (secondary N) is 2. The summed E-state index contributed by atoms with van der Waals surface area (Å²) in [6.45, 7) is 6.89. The maximum Gasteiger partial charge on any atom is 0.273 e. The molecule has 2 aliphatic rings. The maximum atomic E-state index is 12.0. The highest BCUT2D eigenvalue weighted by Gasteiger charge is 2.35. The van der Waals surface area contributed by atoms with Crippen LogP contribution in [0.2, 0.25) is 0 Å². The molecule has 3 rings (SSSR count). The molecule has 9 heteroatoms. The first-order chi connectivity index (χ1) is 13.4. The van der Waals surface area contributed by atoms with E-state index in [1.807, 2.05) is 6.07 Å². The number of para-hydroxylation sites is 1. The monoisotopic (exact) mass is 402 g/mol. The number of hydrogen-bond acceptors (Lipinski definition) is 8. The summed E-state index contributed by atoms with van der Waals surface area (Å²) in [7, 11) is 0. The molecule has 148 valence electrons. The van der Waals surface area contributed by atoms with Crippen molar-refractivity contribution in [1.82, 2.24) is 10.6 Å². The van der Waals surface area contributed by atoms with Crippen molar-refractivity contribution in [3.63, 3.8) is 0 Å². The summed E-state index contributed by atoms with van der Waals surface area (Å²) < 4.78 is 5.01. The number of nitriles is 1.